The van der Waals surface area contributed by atoms with Gasteiger partial charge in [-0.2, -0.15) is 5.10 Å². The molecule has 2 atom stereocenters. The minimum atomic E-state index is -1.91. The lowest BCUT2D eigenvalue weighted by atomic mass is 10.1. The lowest BCUT2D eigenvalue weighted by molar-refractivity contribution is 0.271. The first-order valence-electron chi connectivity index (χ1n) is 13.2. The number of pyridine rings is 1. The van der Waals surface area contributed by atoms with Gasteiger partial charge in [0.15, 0.2) is 14.1 Å². The van der Waals surface area contributed by atoms with Crippen LogP contribution >= 0.6 is 0 Å². The van der Waals surface area contributed by atoms with E-state index in [1.54, 1.807) is 12.4 Å². The molecule has 3 heterocycles. The Morgan fingerprint density at radius 1 is 1.03 bits per heavy atom. The molecule has 4 rings (SSSR count). The van der Waals surface area contributed by atoms with E-state index in [1.165, 1.54) is 0 Å². The summed E-state index contributed by atoms with van der Waals surface area (Å²) < 4.78 is 23.6. The van der Waals surface area contributed by atoms with Gasteiger partial charge in [-0.15, -0.1) is 4.72 Å². The zero-order valence-corrected chi connectivity index (χ0v) is 26.3. The number of hydrogen-bond donors (Lipinski definition) is 1. The molecule has 0 saturated heterocycles. The van der Waals surface area contributed by atoms with Crippen molar-refractivity contribution in [3.05, 3.63) is 66.4 Å². The number of rotatable bonds is 8. The Morgan fingerprint density at radius 2 is 1.77 bits per heavy atom. The van der Waals surface area contributed by atoms with Crippen LogP contribution in [-0.4, -0.2) is 42.3 Å². The van der Waals surface area contributed by atoms with Crippen molar-refractivity contribution in [3.8, 4) is 17.1 Å². The van der Waals surface area contributed by atoms with Crippen molar-refractivity contribution < 1.29 is 8.98 Å². The SMILES string of the molecule is C[C@H](N[S+]([O-])C(C)(C)C)c1cccc(-c2ccc3cnn(-c4cncc(CO[Si](C)(C)C(C)(C)C)n4)c3c2)n1. The molecule has 1 aromatic carbocycles. The van der Waals surface area contributed by atoms with Crippen LogP contribution in [0.2, 0.25) is 18.1 Å². The smallest absolute Gasteiger partial charge is 0.192 e. The van der Waals surface area contributed by atoms with Crippen molar-refractivity contribution in [2.45, 2.75) is 84.0 Å². The van der Waals surface area contributed by atoms with Crippen LogP contribution in [0.3, 0.4) is 0 Å². The molecule has 0 saturated carbocycles. The summed E-state index contributed by atoms with van der Waals surface area (Å²) in [7, 11) is -1.91. The second-order valence-corrected chi connectivity index (χ2v) is 19.2. The van der Waals surface area contributed by atoms with Crippen molar-refractivity contribution in [3.63, 3.8) is 0 Å². The second kappa shape index (κ2) is 11.1. The van der Waals surface area contributed by atoms with Gasteiger partial charge in [-0.25, -0.2) is 9.67 Å². The number of hydrogen-bond acceptors (Lipinski definition) is 7. The van der Waals surface area contributed by atoms with Crippen LogP contribution in [0.1, 0.15) is 65.9 Å². The summed E-state index contributed by atoms with van der Waals surface area (Å²) in [6.45, 7) is 19.4. The lowest BCUT2D eigenvalue weighted by Crippen LogP contribution is -2.40. The van der Waals surface area contributed by atoms with Gasteiger partial charge >= 0.3 is 0 Å². The predicted octanol–water partition coefficient (Wildman–Crippen LogP) is 6.51. The summed E-state index contributed by atoms with van der Waals surface area (Å²) in [5, 5.41) is 5.72. The summed E-state index contributed by atoms with van der Waals surface area (Å²) in [4.78, 5) is 14.1. The van der Waals surface area contributed by atoms with Crippen LogP contribution in [0, 0.1) is 0 Å². The van der Waals surface area contributed by atoms with Crippen LogP contribution in [0.5, 0.6) is 0 Å². The van der Waals surface area contributed by atoms with E-state index in [0.717, 1.165) is 33.5 Å². The summed E-state index contributed by atoms with van der Waals surface area (Å²) in [5.41, 5.74) is 4.32. The normalized spacial score (nSPS) is 14.5. The van der Waals surface area contributed by atoms with Crippen molar-refractivity contribution in [1.82, 2.24) is 29.5 Å². The summed E-state index contributed by atoms with van der Waals surface area (Å²) in [6.07, 6.45) is 5.30. The van der Waals surface area contributed by atoms with Gasteiger partial charge in [0.25, 0.3) is 0 Å². The third-order valence-corrected chi connectivity index (χ3v) is 13.4. The first-order valence-corrected chi connectivity index (χ1v) is 17.3. The quantitative estimate of drug-likeness (QED) is 0.192. The maximum Gasteiger partial charge on any atom is 0.192 e. The number of benzene rings is 1. The molecule has 1 unspecified atom stereocenters. The zero-order chi connectivity index (χ0) is 28.6. The molecular weight excluding hydrogens is 525 g/mol. The minimum Gasteiger partial charge on any atom is -0.598 e. The molecule has 0 bridgehead atoms. The van der Waals surface area contributed by atoms with E-state index in [2.05, 4.69) is 54.7 Å². The number of aromatic nitrogens is 5. The fraction of sp³-hybridized carbons (Fsp3) is 0.448. The first-order chi connectivity index (χ1) is 18.2. The first kappa shape index (κ1) is 29.4. The standard InChI is InChI=1S/C29H40N6O2SSi/c1-20(34-38(36)28(2,3)4)24-11-10-12-25(33-24)21-13-14-22-16-31-35(26(22)15-21)27-18-30-17-23(32-27)19-37-39(8,9)29(5,6)7/h10-18,20,34H,19H2,1-9H3/t20-,38?/m0/s1. The maximum atomic E-state index is 12.6. The number of fused-ring (bicyclic) bond motifs is 1. The third kappa shape index (κ3) is 6.75. The fourth-order valence-electron chi connectivity index (χ4n) is 3.65. The zero-order valence-electron chi connectivity index (χ0n) is 24.4. The molecule has 0 radical (unpaired) electrons. The summed E-state index contributed by atoms with van der Waals surface area (Å²) in [6, 6.07) is 11.9. The van der Waals surface area contributed by atoms with Gasteiger partial charge in [0.1, 0.15) is 4.75 Å². The third-order valence-electron chi connectivity index (χ3n) is 7.20. The van der Waals surface area contributed by atoms with Crippen molar-refractivity contribution in [2.75, 3.05) is 0 Å². The molecule has 0 aliphatic rings. The molecule has 3 aromatic heterocycles. The molecule has 0 amide bonds. The molecule has 10 heteroatoms. The maximum absolute atomic E-state index is 12.6. The molecule has 4 aromatic rings. The Balaban J connectivity index is 1.61. The van der Waals surface area contributed by atoms with Gasteiger partial charge in [-0.1, -0.05) is 39.0 Å². The average Bonchev–Trinajstić information content (AvgIpc) is 3.30. The van der Waals surface area contributed by atoms with E-state index in [4.69, 9.17) is 14.4 Å². The van der Waals surface area contributed by atoms with Gasteiger partial charge in [-0.05, 0) is 64.0 Å². The molecule has 0 spiro atoms. The number of nitrogens with one attached hydrogen (secondary N) is 1. The number of nitrogens with zero attached hydrogens (tertiary/aromatic N) is 5. The van der Waals surface area contributed by atoms with Gasteiger partial charge in [0.2, 0.25) is 0 Å². The van der Waals surface area contributed by atoms with Crippen molar-refractivity contribution in [2.24, 2.45) is 0 Å². The highest BCUT2D eigenvalue weighted by Crippen LogP contribution is 2.37. The van der Waals surface area contributed by atoms with E-state index >= 15 is 0 Å². The van der Waals surface area contributed by atoms with Crippen molar-refractivity contribution in [1.29, 1.82) is 0 Å². The Hall–Kier alpha value is -2.63. The van der Waals surface area contributed by atoms with E-state index < -0.39 is 19.7 Å². The van der Waals surface area contributed by atoms with Crippen molar-refractivity contribution >= 4 is 30.6 Å². The molecule has 0 aliphatic heterocycles. The molecule has 0 fully saturated rings. The highest BCUT2D eigenvalue weighted by Gasteiger charge is 2.37. The lowest BCUT2D eigenvalue weighted by Gasteiger charge is -2.36. The van der Waals surface area contributed by atoms with Gasteiger partial charge in [0.05, 0.1) is 53.8 Å². The molecule has 8 nitrogen and oxygen atoms in total. The Labute approximate surface area is 236 Å². The average molecular weight is 565 g/mol. The van der Waals surface area contributed by atoms with E-state index in [-0.39, 0.29) is 15.8 Å². The van der Waals surface area contributed by atoms with E-state index in [0.29, 0.717) is 12.4 Å². The molecule has 0 aliphatic carbocycles. The molecular formula is C29H40N6O2SSi. The molecule has 208 valence electrons. The van der Waals surface area contributed by atoms with Crippen LogP contribution < -0.4 is 4.72 Å². The Kier molecular flexibility index (Phi) is 8.35. The Bertz CT molecular complexity index is 1440. The highest BCUT2D eigenvalue weighted by molar-refractivity contribution is 7.90. The largest absolute Gasteiger partial charge is 0.598 e. The van der Waals surface area contributed by atoms with Gasteiger partial charge < -0.3 is 8.98 Å². The highest BCUT2D eigenvalue weighted by atomic mass is 32.2. The topological polar surface area (TPSA) is 101 Å². The van der Waals surface area contributed by atoms with Crippen LogP contribution in [0.15, 0.2) is 55.0 Å². The Morgan fingerprint density at radius 3 is 2.46 bits per heavy atom. The van der Waals surface area contributed by atoms with Gasteiger partial charge in [0, 0.05) is 22.3 Å². The second-order valence-electron chi connectivity index (χ2n) is 12.4. The molecule has 1 N–H and O–H groups in total. The van der Waals surface area contributed by atoms with Crippen LogP contribution in [-0.2, 0) is 22.4 Å². The van der Waals surface area contributed by atoms with E-state index in [9.17, 15) is 4.55 Å². The van der Waals surface area contributed by atoms with Gasteiger partial charge in [-0.3, -0.25) is 9.97 Å². The minimum absolute atomic E-state index is 0.121. The predicted molar refractivity (Wildman–Crippen MR) is 161 cm³/mol. The summed E-state index contributed by atoms with van der Waals surface area (Å²) in [5.74, 6) is 0.641. The monoisotopic (exact) mass is 564 g/mol. The van der Waals surface area contributed by atoms with E-state index in [1.807, 2.05) is 68.9 Å². The van der Waals surface area contributed by atoms with Crippen LogP contribution in [0.25, 0.3) is 28.0 Å². The van der Waals surface area contributed by atoms with Crippen LogP contribution in [0.4, 0.5) is 0 Å². The fourth-order valence-corrected chi connectivity index (χ4v) is 5.39. The summed E-state index contributed by atoms with van der Waals surface area (Å²) >= 11 is -1.19. The molecule has 39 heavy (non-hydrogen) atoms.